The standard InChI is InChI=1S/C19H17ClN2O2/c1-19(2)16-11-22(13-6-4-12(20)5-7-13)21-18(16)15-9-8-14(23-3)10-17(15)24-19/h4-11H,1-3H3. The molecule has 2 aromatic carbocycles. The van der Waals surface area contributed by atoms with Crippen LogP contribution in [0.15, 0.2) is 48.7 Å². The molecule has 0 fully saturated rings. The van der Waals surface area contributed by atoms with Crippen LogP contribution in [0.4, 0.5) is 0 Å². The summed E-state index contributed by atoms with van der Waals surface area (Å²) in [4.78, 5) is 0. The van der Waals surface area contributed by atoms with Gasteiger partial charge >= 0.3 is 0 Å². The molecule has 0 bridgehead atoms. The highest BCUT2D eigenvalue weighted by atomic mass is 35.5. The van der Waals surface area contributed by atoms with Crippen LogP contribution in [-0.2, 0) is 5.60 Å². The molecular weight excluding hydrogens is 324 g/mol. The van der Waals surface area contributed by atoms with Gasteiger partial charge in [0.1, 0.15) is 22.8 Å². The van der Waals surface area contributed by atoms with Crippen LogP contribution in [0.2, 0.25) is 5.02 Å². The molecule has 0 unspecified atom stereocenters. The van der Waals surface area contributed by atoms with Crippen molar-refractivity contribution >= 4 is 11.6 Å². The third-order valence-corrected chi connectivity index (χ3v) is 4.52. The van der Waals surface area contributed by atoms with Crippen LogP contribution in [0.3, 0.4) is 0 Å². The maximum absolute atomic E-state index is 6.20. The molecule has 4 rings (SSSR count). The van der Waals surface area contributed by atoms with Crippen LogP contribution in [0, 0.1) is 0 Å². The number of halogens is 1. The van der Waals surface area contributed by atoms with Crippen LogP contribution in [0.5, 0.6) is 11.5 Å². The zero-order valence-corrected chi connectivity index (χ0v) is 14.5. The van der Waals surface area contributed by atoms with Crippen molar-refractivity contribution in [2.24, 2.45) is 0 Å². The van der Waals surface area contributed by atoms with Gasteiger partial charge in [-0.3, -0.25) is 0 Å². The van der Waals surface area contributed by atoms with Gasteiger partial charge in [-0.15, -0.1) is 0 Å². The predicted octanol–water partition coefficient (Wildman–Crippen LogP) is 4.83. The highest BCUT2D eigenvalue weighted by Crippen LogP contribution is 2.45. The summed E-state index contributed by atoms with van der Waals surface area (Å²) in [6.07, 6.45) is 2.02. The number of nitrogens with zero attached hydrogens (tertiary/aromatic N) is 2. The van der Waals surface area contributed by atoms with Crippen molar-refractivity contribution in [2.75, 3.05) is 7.11 Å². The molecule has 1 aromatic heterocycles. The van der Waals surface area contributed by atoms with Gasteiger partial charge in [0, 0.05) is 28.4 Å². The largest absolute Gasteiger partial charge is 0.497 e. The Morgan fingerprint density at radius 2 is 1.88 bits per heavy atom. The fourth-order valence-corrected chi connectivity index (χ4v) is 3.11. The van der Waals surface area contributed by atoms with Crippen LogP contribution in [0.25, 0.3) is 16.9 Å². The van der Waals surface area contributed by atoms with E-state index in [1.165, 1.54) is 0 Å². The number of benzene rings is 2. The molecular formula is C19H17ClN2O2. The number of ether oxygens (including phenoxy) is 2. The zero-order valence-electron chi connectivity index (χ0n) is 13.7. The highest BCUT2D eigenvalue weighted by Gasteiger charge is 2.35. The van der Waals surface area contributed by atoms with Gasteiger partial charge in [-0.05, 0) is 50.2 Å². The summed E-state index contributed by atoms with van der Waals surface area (Å²) in [6, 6.07) is 13.4. The van der Waals surface area contributed by atoms with Crippen LogP contribution >= 0.6 is 11.6 Å². The van der Waals surface area contributed by atoms with E-state index >= 15 is 0 Å². The second-order valence-electron chi connectivity index (χ2n) is 6.29. The van der Waals surface area contributed by atoms with Gasteiger partial charge in [-0.1, -0.05) is 11.6 Å². The monoisotopic (exact) mass is 340 g/mol. The lowest BCUT2D eigenvalue weighted by atomic mass is 9.92. The molecule has 0 aliphatic carbocycles. The Labute approximate surface area is 145 Å². The van der Waals surface area contributed by atoms with E-state index in [0.29, 0.717) is 5.02 Å². The Hall–Kier alpha value is -2.46. The SMILES string of the molecule is COc1ccc2c(c1)OC(C)(C)c1cn(-c3ccc(Cl)cc3)nc1-2. The zero-order chi connectivity index (χ0) is 16.9. The van der Waals surface area contributed by atoms with Crippen molar-refractivity contribution in [3.8, 4) is 28.4 Å². The van der Waals surface area contributed by atoms with Crippen molar-refractivity contribution in [3.63, 3.8) is 0 Å². The quantitative estimate of drug-likeness (QED) is 0.670. The Morgan fingerprint density at radius 1 is 1.12 bits per heavy atom. The molecule has 122 valence electrons. The molecule has 0 spiro atoms. The van der Waals surface area contributed by atoms with Gasteiger partial charge in [-0.25, -0.2) is 4.68 Å². The van der Waals surface area contributed by atoms with E-state index in [0.717, 1.165) is 34.0 Å². The Kier molecular flexibility index (Phi) is 3.32. The van der Waals surface area contributed by atoms with Crippen LogP contribution in [0.1, 0.15) is 19.4 Å². The maximum Gasteiger partial charge on any atom is 0.133 e. The average molecular weight is 341 g/mol. The minimum atomic E-state index is -0.473. The first-order chi connectivity index (χ1) is 11.5. The molecule has 2 heterocycles. The van der Waals surface area contributed by atoms with Crippen molar-refractivity contribution in [1.82, 2.24) is 9.78 Å². The normalized spacial score (nSPS) is 14.5. The summed E-state index contributed by atoms with van der Waals surface area (Å²) in [7, 11) is 1.65. The molecule has 3 aromatic rings. The third kappa shape index (κ3) is 2.34. The van der Waals surface area contributed by atoms with Gasteiger partial charge < -0.3 is 9.47 Å². The predicted molar refractivity (Wildman–Crippen MR) is 94.2 cm³/mol. The summed E-state index contributed by atoms with van der Waals surface area (Å²) in [6.45, 7) is 4.09. The van der Waals surface area contributed by atoms with Gasteiger partial charge in [-0.2, -0.15) is 5.10 Å². The van der Waals surface area contributed by atoms with Gasteiger partial charge in [0.2, 0.25) is 0 Å². The van der Waals surface area contributed by atoms with Gasteiger partial charge in [0.05, 0.1) is 12.8 Å². The number of fused-ring (bicyclic) bond motifs is 3. The molecule has 4 nitrogen and oxygen atoms in total. The summed E-state index contributed by atoms with van der Waals surface area (Å²) in [5.74, 6) is 1.55. The van der Waals surface area contributed by atoms with Crippen molar-refractivity contribution in [1.29, 1.82) is 0 Å². The van der Waals surface area contributed by atoms with E-state index in [2.05, 4.69) is 0 Å². The fraction of sp³-hybridized carbons (Fsp3) is 0.211. The minimum absolute atomic E-state index is 0.473. The Bertz CT molecular complexity index is 914. The summed E-state index contributed by atoms with van der Waals surface area (Å²) < 4.78 is 13.4. The maximum atomic E-state index is 6.20. The number of rotatable bonds is 2. The van der Waals surface area contributed by atoms with Crippen molar-refractivity contribution in [2.45, 2.75) is 19.4 Å². The number of hydrogen-bond acceptors (Lipinski definition) is 3. The number of hydrogen-bond donors (Lipinski definition) is 0. The van der Waals surface area contributed by atoms with Gasteiger partial charge in [0.25, 0.3) is 0 Å². The minimum Gasteiger partial charge on any atom is -0.497 e. The average Bonchev–Trinajstić information content (AvgIpc) is 3.01. The molecule has 5 heteroatoms. The molecule has 0 atom stereocenters. The molecule has 1 aliphatic rings. The van der Waals surface area contributed by atoms with Crippen LogP contribution < -0.4 is 9.47 Å². The topological polar surface area (TPSA) is 36.3 Å². The smallest absolute Gasteiger partial charge is 0.133 e. The fourth-order valence-electron chi connectivity index (χ4n) is 2.98. The molecule has 1 aliphatic heterocycles. The Balaban J connectivity index is 1.88. The first kappa shape index (κ1) is 15.1. The molecule has 0 radical (unpaired) electrons. The van der Waals surface area contributed by atoms with E-state index in [4.69, 9.17) is 26.2 Å². The van der Waals surface area contributed by atoms with E-state index in [-0.39, 0.29) is 0 Å². The van der Waals surface area contributed by atoms with Crippen molar-refractivity contribution in [3.05, 3.63) is 59.2 Å². The molecule has 0 N–H and O–H groups in total. The molecule has 0 amide bonds. The lowest BCUT2D eigenvalue weighted by molar-refractivity contribution is 0.105. The van der Waals surface area contributed by atoms with Gasteiger partial charge in [0.15, 0.2) is 0 Å². The van der Waals surface area contributed by atoms with E-state index in [1.807, 2.05) is 67.2 Å². The first-order valence-corrected chi connectivity index (χ1v) is 8.09. The highest BCUT2D eigenvalue weighted by molar-refractivity contribution is 6.30. The first-order valence-electron chi connectivity index (χ1n) is 7.71. The number of methoxy groups -OCH3 is 1. The van der Waals surface area contributed by atoms with E-state index in [1.54, 1.807) is 7.11 Å². The van der Waals surface area contributed by atoms with E-state index in [9.17, 15) is 0 Å². The lowest BCUT2D eigenvalue weighted by Gasteiger charge is -2.32. The summed E-state index contributed by atoms with van der Waals surface area (Å²) >= 11 is 5.98. The van der Waals surface area contributed by atoms with Crippen LogP contribution in [-0.4, -0.2) is 16.9 Å². The van der Waals surface area contributed by atoms with Crippen molar-refractivity contribution < 1.29 is 9.47 Å². The molecule has 24 heavy (non-hydrogen) atoms. The second kappa shape index (κ2) is 5.28. The Morgan fingerprint density at radius 3 is 2.58 bits per heavy atom. The third-order valence-electron chi connectivity index (χ3n) is 4.26. The van der Waals surface area contributed by atoms with E-state index < -0.39 is 5.60 Å². The number of aromatic nitrogens is 2. The summed E-state index contributed by atoms with van der Waals surface area (Å²) in [5.41, 5.74) is 3.44. The molecule has 0 saturated heterocycles. The summed E-state index contributed by atoms with van der Waals surface area (Å²) in [5, 5.41) is 5.50. The second-order valence-corrected chi connectivity index (χ2v) is 6.72. The molecule has 0 saturated carbocycles. The lowest BCUT2D eigenvalue weighted by Crippen LogP contribution is -2.28.